The van der Waals surface area contributed by atoms with Crippen LogP contribution in [0.1, 0.15) is 77.2 Å². The molecule has 1 aliphatic heterocycles. The predicted octanol–water partition coefficient (Wildman–Crippen LogP) is 5.15. The summed E-state index contributed by atoms with van der Waals surface area (Å²) in [7, 11) is 0. The molecular weight excluding hydrogens is 428 g/mol. The van der Waals surface area contributed by atoms with Gasteiger partial charge in [0, 0.05) is 38.0 Å². The molecule has 6 nitrogen and oxygen atoms in total. The van der Waals surface area contributed by atoms with E-state index in [1.807, 2.05) is 19.1 Å². The van der Waals surface area contributed by atoms with Crippen molar-refractivity contribution in [3.05, 3.63) is 80.6 Å². The van der Waals surface area contributed by atoms with Gasteiger partial charge in [0.15, 0.2) is 5.43 Å². The Bertz CT molecular complexity index is 1260. The Morgan fingerprint density at radius 1 is 1.18 bits per heavy atom. The van der Waals surface area contributed by atoms with Gasteiger partial charge in [0.25, 0.3) is 0 Å². The Balaban J connectivity index is 1.56. The van der Waals surface area contributed by atoms with E-state index in [-0.39, 0.29) is 17.6 Å². The molecule has 2 atom stereocenters. The zero-order chi connectivity index (χ0) is 23.8. The number of aromatic nitrogens is 1. The summed E-state index contributed by atoms with van der Waals surface area (Å²) >= 11 is 0. The zero-order valence-electron chi connectivity index (χ0n) is 19.8. The number of hydrogen-bond donors (Lipinski definition) is 2. The van der Waals surface area contributed by atoms with Crippen molar-refractivity contribution < 1.29 is 14.6 Å². The summed E-state index contributed by atoms with van der Waals surface area (Å²) in [6.45, 7) is 6.34. The van der Waals surface area contributed by atoms with Crippen LogP contribution in [0.3, 0.4) is 0 Å². The maximum absolute atomic E-state index is 13.1. The van der Waals surface area contributed by atoms with Crippen LogP contribution in [0, 0.1) is 6.92 Å². The molecule has 0 radical (unpaired) electrons. The second-order valence-corrected chi connectivity index (χ2v) is 9.64. The number of rotatable bonds is 7. The minimum absolute atomic E-state index is 0.0703. The summed E-state index contributed by atoms with van der Waals surface area (Å²) < 4.78 is 6.00. The fourth-order valence-corrected chi connectivity index (χ4v) is 5.51. The Hall–Kier alpha value is -2.96. The average Bonchev–Trinajstić information content (AvgIpc) is 3.67. The number of likely N-dealkylation sites (tertiary alicyclic amines) is 1. The SMILES string of the molecule is CCO[C@H]1CCN(Cc2c(C3CC3)cc(C)c3[nH]ccc(=O)c23)[C@H](c2ccc(C(=O)O)cc2)C1. The van der Waals surface area contributed by atoms with Gasteiger partial charge in [0.05, 0.1) is 22.6 Å². The number of aromatic amines is 1. The Labute approximate surface area is 199 Å². The fourth-order valence-electron chi connectivity index (χ4n) is 5.51. The van der Waals surface area contributed by atoms with Gasteiger partial charge in [-0.3, -0.25) is 9.69 Å². The Morgan fingerprint density at radius 3 is 2.62 bits per heavy atom. The predicted molar refractivity (Wildman–Crippen MR) is 132 cm³/mol. The van der Waals surface area contributed by atoms with E-state index < -0.39 is 5.97 Å². The maximum atomic E-state index is 13.1. The van der Waals surface area contributed by atoms with Crippen molar-refractivity contribution in [2.75, 3.05) is 13.2 Å². The van der Waals surface area contributed by atoms with Crippen molar-refractivity contribution in [3.63, 3.8) is 0 Å². The number of benzene rings is 2. The van der Waals surface area contributed by atoms with Crippen molar-refractivity contribution in [2.45, 2.75) is 64.1 Å². The molecule has 1 aromatic heterocycles. The number of hydrogen-bond acceptors (Lipinski definition) is 4. The third kappa shape index (κ3) is 4.40. The van der Waals surface area contributed by atoms with Crippen LogP contribution in [-0.4, -0.2) is 40.2 Å². The maximum Gasteiger partial charge on any atom is 0.335 e. The number of piperidine rings is 1. The van der Waals surface area contributed by atoms with Crippen molar-refractivity contribution in [3.8, 4) is 0 Å². The van der Waals surface area contributed by atoms with Crippen molar-refractivity contribution in [1.82, 2.24) is 9.88 Å². The highest BCUT2D eigenvalue weighted by Gasteiger charge is 2.33. The molecule has 2 heterocycles. The molecule has 0 spiro atoms. The number of H-pyrrole nitrogens is 1. The van der Waals surface area contributed by atoms with Gasteiger partial charge < -0.3 is 14.8 Å². The first-order chi connectivity index (χ1) is 16.5. The molecule has 2 N–H and O–H groups in total. The highest BCUT2D eigenvalue weighted by molar-refractivity contribution is 5.87. The molecule has 5 rings (SSSR count). The lowest BCUT2D eigenvalue weighted by Gasteiger charge is -2.40. The summed E-state index contributed by atoms with van der Waals surface area (Å²) in [4.78, 5) is 30.2. The monoisotopic (exact) mass is 460 g/mol. The lowest BCUT2D eigenvalue weighted by Crippen LogP contribution is -2.39. The summed E-state index contributed by atoms with van der Waals surface area (Å²) in [5.74, 6) is -0.384. The molecule has 1 aliphatic carbocycles. The number of fused-ring (bicyclic) bond motifs is 1. The lowest BCUT2D eigenvalue weighted by molar-refractivity contribution is -0.0137. The van der Waals surface area contributed by atoms with Crippen molar-refractivity contribution in [2.24, 2.45) is 0 Å². The van der Waals surface area contributed by atoms with Gasteiger partial charge >= 0.3 is 5.97 Å². The quantitative estimate of drug-likeness (QED) is 0.509. The number of aryl methyl sites for hydroxylation is 1. The average molecular weight is 461 g/mol. The van der Waals surface area contributed by atoms with Crippen LogP contribution in [0.2, 0.25) is 0 Å². The van der Waals surface area contributed by atoms with Gasteiger partial charge in [0.1, 0.15) is 0 Å². The van der Waals surface area contributed by atoms with Crippen LogP contribution < -0.4 is 5.43 Å². The molecule has 6 heteroatoms. The minimum Gasteiger partial charge on any atom is -0.478 e. The van der Waals surface area contributed by atoms with Crippen molar-refractivity contribution >= 4 is 16.9 Å². The Morgan fingerprint density at radius 2 is 1.94 bits per heavy atom. The number of nitrogens with one attached hydrogen (secondary N) is 1. The number of carboxylic acids is 1. The molecule has 2 aromatic carbocycles. The molecule has 0 bridgehead atoms. The first-order valence-corrected chi connectivity index (χ1v) is 12.3. The number of carboxylic acid groups (broad SMARTS) is 1. The van der Waals surface area contributed by atoms with Gasteiger partial charge in [-0.05, 0) is 79.8 Å². The first-order valence-electron chi connectivity index (χ1n) is 12.3. The smallest absolute Gasteiger partial charge is 0.335 e. The second-order valence-electron chi connectivity index (χ2n) is 9.64. The normalized spacial score (nSPS) is 21.1. The number of pyridine rings is 1. The van der Waals surface area contributed by atoms with Gasteiger partial charge in [-0.1, -0.05) is 18.2 Å². The highest BCUT2D eigenvalue weighted by atomic mass is 16.5. The molecule has 2 aliphatic rings. The molecule has 3 aromatic rings. The standard InChI is InChI=1S/C28H32N2O4/c1-3-34-21-11-13-30(24(15-21)19-6-8-20(9-7-19)28(32)33)16-23-22(18-4-5-18)14-17(2)27-26(23)25(31)10-12-29-27/h6-10,12,14,18,21,24H,3-5,11,13,15-16H2,1-2H3,(H,29,31)(H,32,33)/t21-,24-/m0/s1. The van der Waals surface area contributed by atoms with E-state index in [4.69, 9.17) is 4.74 Å². The van der Waals surface area contributed by atoms with Gasteiger partial charge in [-0.25, -0.2) is 4.79 Å². The van der Waals surface area contributed by atoms with E-state index in [0.717, 1.165) is 47.0 Å². The number of nitrogens with zero attached hydrogens (tertiary/aromatic N) is 1. The summed E-state index contributed by atoms with van der Waals surface area (Å²) in [5, 5.41) is 10.1. The van der Waals surface area contributed by atoms with Crippen LogP contribution in [0.5, 0.6) is 0 Å². The third-order valence-corrected chi connectivity index (χ3v) is 7.36. The summed E-state index contributed by atoms with van der Waals surface area (Å²) in [6.07, 6.45) is 6.05. The van der Waals surface area contributed by atoms with Crippen LogP contribution in [-0.2, 0) is 11.3 Å². The first kappa shape index (κ1) is 22.8. The molecule has 0 unspecified atom stereocenters. The van der Waals surface area contributed by atoms with E-state index in [1.54, 1.807) is 24.4 Å². The summed E-state index contributed by atoms with van der Waals surface area (Å²) in [6, 6.07) is 11.2. The molecule has 1 saturated carbocycles. The molecule has 1 saturated heterocycles. The molecule has 178 valence electrons. The van der Waals surface area contributed by atoms with E-state index in [0.29, 0.717) is 24.6 Å². The van der Waals surface area contributed by atoms with E-state index in [2.05, 4.69) is 22.9 Å². The van der Waals surface area contributed by atoms with Crippen LogP contribution in [0.4, 0.5) is 0 Å². The highest BCUT2D eigenvalue weighted by Crippen LogP contribution is 2.45. The summed E-state index contributed by atoms with van der Waals surface area (Å²) in [5.41, 5.74) is 5.96. The van der Waals surface area contributed by atoms with Gasteiger partial charge in [-0.15, -0.1) is 0 Å². The minimum atomic E-state index is -0.918. The molecular formula is C28H32N2O4. The zero-order valence-corrected chi connectivity index (χ0v) is 19.8. The van der Waals surface area contributed by atoms with Crippen LogP contribution in [0.25, 0.3) is 10.9 Å². The van der Waals surface area contributed by atoms with E-state index in [9.17, 15) is 14.7 Å². The third-order valence-electron chi connectivity index (χ3n) is 7.36. The largest absolute Gasteiger partial charge is 0.478 e. The van der Waals surface area contributed by atoms with Crippen LogP contribution >= 0.6 is 0 Å². The fraction of sp³-hybridized carbons (Fsp3) is 0.429. The van der Waals surface area contributed by atoms with Crippen LogP contribution in [0.15, 0.2) is 47.4 Å². The number of carbonyl (C=O) groups is 1. The second kappa shape index (κ2) is 9.35. The molecule has 0 amide bonds. The van der Waals surface area contributed by atoms with Gasteiger partial charge in [-0.2, -0.15) is 0 Å². The molecule has 2 fully saturated rings. The Kier molecular flexibility index (Phi) is 6.28. The van der Waals surface area contributed by atoms with Gasteiger partial charge in [0.2, 0.25) is 0 Å². The topological polar surface area (TPSA) is 82.6 Å². The lowest BCUT2D eigenvalue weighted by atomic mass is 9.90. The molecule has 34 heavy (non-hydrogen) atoms. The van der Waals surface area contributed by atoms with E-state index in [1.165, 1.54) is 18.4 Å². The van der Waals surface area contributed by atoms with Crippen molar-refractivity contribution in [1.29, 1.82) is 0 Å². The number of aromatic carboxylic acids is 1. The number of ether oxygens (including phenoxy) is 1. The van der Waals surface area contributed by atoms with E-state index >= 15 is 0 Å².